The summed E-state index contributed by atoms with van der Waals surface area (Å²) in [5, 5.41) is 20.7. The lowest BCUT2D eigenvalue weighted by molar-refractivity contribution is -0.137. The van der Waals surface area contributed by atoms with Crippen LogP contribution in [0, 0.1) is 19.7 Å². The van der Waals surface area contributed by atoms with Crippen molar-refractivity contribution in [3.63, 3.8) is 0 Å². The zero-order chi connectivity index (χ0) is 26.1. The van der Waals surface area contributed by atoms with E-state index in [0.717, 1.165) is 45.3 Å². The molecule has 0 spiro atoms. The van der Waals surface area contributed by atoms with Crippen molar-refractivity contribution in [2.75, 3.05) is 6.54 Å². The highest BCUT2D eigenvalue weighted by molar-refractivity contribution is 5.79. The number of aromatic nitrogens is 3. The first-order valence-corrected chi connectivity index (χ1v) is 12.6. The molecule has 4 aromatic rings. The lowest BCUT2D eigenvalue weighted by Gasteiger charge is -2.25. The molecule has 7 nitrogen and oxygen atoms in total. The molecule has 0 radical (unpaired) electrons. The molecule has 0 amide bonds. The van der Waals surface area contributed by atoms with E-state index in [1.807, 2.05) is 37.3 Å². The molecule has 1 aliphatic heterocycles. The molecule has 0 saturated heterocycles. The van der Waals surface area contributed by atoms with Crippen molar-refractivity contribution in [2.45, 2.75) is 58.7 Å². The van der Waals surface area contributed by atoms with Gasteiger partial charge in [-0.05, 0) is 66.3 Å². The number of hydrogen-bond acceptors (Lipinski definition) is 5. The molecule has 0 saturated carbocycles. The largest absolute Gasteiger partial charge is 0.489 e. The van der Waals surface area contributed by atoms with Crippen LogP contribution in [0.2, 0.25) is 0 Å². The van der Waals surface area contributed by atoms with Gasteiger partial charge in [0.1, 0.15) is 23.2 Å². The Bertz CT molecular complexity index is 1450. The van der Waals surface area contributed by atoms with E-state index < -0.39 is 5.97 Å². The van der Waals surface area contributed by atoms with Crippen molar-refractivity contribution in [3.05, 3.63) is 87.7 Å². The molecule has 5 rings (SSSR count). The number of benzene rings is 3. The summed E-state index contributed by atoms with van der Waals surface area (Å²) in [7, 11) is 0. The number of H-pyrrole nitrogens is 1. The van der Waals surface area contributed by atoms with Gasteiger partial charge >= 0.3 is 5.97 Å². The maximum absolute atomic E-state index is 14.7. The van der Waals surface area contributed by atoms with E-state index in [0.29, 0.717) is 30.9 Å². The quantitative estimate of drug-likeness (QED) is 0.347. The minimum absolute atomic E-state index is 0.0388. The van der Waals surface area contributed by atoms with Crippen molar-refractivity contribution in [2.24, 2.45) is 0 Å². The van der Waals surface area contributed by atoms with Gasteiger partial charge in [0.2, 0.25) is 0 Å². The van der Waals surface area contributed by atoms with Crippen LogP contribution in [0.25, 0.3) is 11.0 Å². The van der Waals surface area contributed by atoms with Crippen LogP contribution in [0.5, 0.6) is 5.75 Å². The summed E-state index contributed by atoms with van der Waals surface area (Å²) < 4.78 is 20.8. The number of carbonyl (C=O) groups is 1. The first-order valence-electron chi connectivity index (χ1n) is 12.6. The van der Waals surface area contributed by atoms with E-state index in [9.17, 15) is 14.3 Å². The van der Waals surface area contributed by atoms with Crippen molar-refractivity contribution in [1.82, 2.24) is 20.3 Å². The third-order valence-corrected chi connectivity index (χ3v) is 7.39. The number of aliphatic carboxylic acids is 1. The van der Waals surface area contributed by atoms with E-state index in [4.69, 9.17) is 4.74 Å². The van der Waals surface area contributed by atoms with Gasteiger partial charge in [0.25, 0.3) is 0 Å². The fourth-order valence-corrected chi connectivity index (χ4v) is 5.27. The molecule has 8 heteroatoms. The summed E-state index contributed by atoms with van der Waals surface area (Å²) >= 11 is 0. The molecule has 0 aliphatic carbocycles. The topological polar surface area (TPSA) is 91.3 Å². The van der Waals surface area contributed by atoms with Crippen molar-refractivity contribution < 1.29 is 19.0 Å². The number of carboxylic acid groups (broad SMARTS) is 1. The van der Waals surface area contributed by atoms with Gasteiger partial charge < -0.3 is 9.84 Å². The lowest BCUT2D eigenvalue weighted by Crippen LogP contribution is -2.32. The predicted octanol–water partition coefficient (Wildman–Crippen LogP) is 5.49. The van der Waals surface area contributed by atoms with E-state index >= 15 is 0 Å². The monoisotopic (exact) mass is 502 g/mol. The third kappa shape index (κ3) is 5.06. The van der Waals surface area contributed by atoms with Gasteiger partial charge in [-0.1, -0.05) is 42.5 Å². The van der Waals surface area contributed by atoms with Crippen LogP contribution >= 0.6 is 0 Å². The molecule has 1 aromatic heterocycles. The van der Waals surface area contributed by atoms with Gasteiger partial charge in [0, 0.05) is 31.1 Å². The second kappa shape index (κ2) is 10.3. The number of hydrogen-bond donors (Lipinski definition) is 2. The van der Waals surface area contributed by atoms with Crippen LogP contribution in [0.15, 0.2) is 48.5 Å². The molecule has 2 heterocycles. The minimum atomic E-state index is -0.866. The second-order valence-electron chi connectivity index (χ2n) is 9.86. The number of nitrogens with one attached hydrogen (secondary N) is 1. The number of nitrogens with zero attached hydrogens (tertiary/aromatic N) is 3. The van der Waals surface area contributed by atoms with Crippen molar-refractivity contribution in [1.29, 1.82) is 0 Å². The maximum Gasteiger partial charge on any atom is 0.304 e. The van der Waals surface area contributed by atoms with Crippen LogP contribution in [-0.2, 0) is 17.9 Å². The number of carboxylic acids is 1. The number of fused-ring (bicyclic) bond motifs is 2. The summed E-state index contributed by atoms with van der Waals surface area (Å²) in [4.78, 5) is 14.1. The molecule has 0 bridgehead atoms. The van der Waals surface area contributed by atoms with Gasteiger partial charge in [-0.2, -0.15) is 0 Å². The minimum Gasteiger partial charge on any atom is -0.489 e. The van der Waals surface area contributed by atoms with Gasteiger partial charge in [-0.15, -0.1) is 5.10 Å². The zero-order valence-corrected chi connectivity index (χ0v) is 21.3. The standard InChI is InChI=1S/C29H31FN4O3/c1-4-21-15-34(16-24-25(30)6-5-7-27(24)37-21)14-20-12-19(9-8-17(20)2)23(13-28(35)36)22-10-11-26-29(18(22)3)32-33-31-26/h5-12,21,23H,4,13-16H2,1-3H3,(H,35,36)(H,31,32,33)/t21-,23?/m1/s1. The number of aromatic amines is 1. The Balaban J connectivity index is 1.50. The molecule has 2 atom stereocenters. The average Bonchev–Trinajstić information content (AvgIpc) is 3.28. The third-order valence-electron chi connectivity index (χ3n) is 7.39. The summed E-state index contributed by atoms with van der Waals surface area (Å²) in [6.07, 6.45) is 0.736. The van der Waals surface area contributed by atoms with Gasteiger partial charge in [0.05, 0.1) is 11.9 Å². The fourth-order valence-electron chi connectivity index (χ4n) is 5.27. The smallest absolute Gasteiger partial charge is 0.304 e. The Kier molecular flexibility index (Phi) is 6.93. The molecule has 192 valence electrons. The summed E-state index contributed by atoms with van der Waals surface area (Å²) in [5.74, 6) is -0.855. The highest BCUT2D eigenvalue weighted by atomic mass is 19.1. The zero-order valence-electron chi connectivity index (χ0n) is 21.3. The number of ether oxygens (including phenoxy) is 1. The number of halogens is 1. The van der Waals surface area contributed by atoms with Crippen molar-refractivity contribution >= 4 is 17.0 Å². The molecule has 3 aromatic carbocycles. The van der Waals surface area contributed by atoms with Gasteiger partial charge in [-0.3, -0.25) is 14.8 Å². The first-order chi connectivity index (χ1) is 17.8. The predicted molar refractivity (Wildman–Crippen MR) is 139 cm³/mol. The SMILES string of the molecule is CC[C@@H]1CN(Cc2cc(C(CC(=O)O)c3ccc4[nH]nnc4c3C)ccc2C)Cc2c(F)cccc2O1. The van der Waals surface area contributed by atoms with Crippen LogP contribution < -0.4 is 4.74 Å². The summed E-state index contributed by atoms with van der Waals surface area (Å²) in [5.41, 5.74) is 7.10. The number of rotatable bonds is 7. The Hall–Kier alpha value is -3.78. The number of aryl methyl sites for hydroxylation is 2. The Morgan fingerprint density at radius 3 is 2.86 bits per heavy atom. The lowest BCUT2D eigenvalue weighted by atomic mass is 9.84. The highest BCUT2D eigenvalue weighted by Crippen LogP contribution is 2.35. The Labute approximate surface area is 215 Å². The van der Waals surface area contributed by atoms with E-state index in [1.165, 1.54) is 6.07 Å². The van der Waals surface area contributed by atoms with Crippen LogP contribution in [-0.4, -0.2) is 44.0 Å². The Morgan fingerprint density at radius 2 is 2.08 bits per heavy atom. The molecule has 1 aliphatic rings. The molecule has 37 heavy (non-hydrogen) atoms. The normalized spacial score (nSPS) is 16.7. The fraction of sp³-hybridized carbons (Fsp3) is 0.345. The molecule has 1 unspecified atom stereocenters. The molecule has 0 fully saturated rings. The summed E-state index contributed by atoms with van der Waals surface area (Å²) in [6, 6.07) is 15.0. The highest BCUT2D eigenvalue weighted by Gasteiger charge is 2.26. The maximum atomic E-state index is 14.7. The van der Waals surface area contributed by atoms with Gasteiger partial charge in [-0.25, -0.2) is 4.39 Å². The van der Waals surface area contributed by atoms with E-state index in [1.54, 1.807) is 6.07 Å². The second-order valence-corrected chi connectivity index (χ2v) is 9.86. The molecular formula is C29H31FN4O3. The molecule has 2 N–H and O–H groups in total. The van der Waals surface area contributed by atoms with Crippen molar-refractivity contribution in [3.8, 4) is 5.75 Å². The van der Waals surface area contributed by atoms with Crippen LogP contribution in [0.1, 0.15) is 59.1 Å². The summed E-state index contributed by atoms with van der Waals surface area (Å²) in [6.45, 7) is 7.81. The van der Waals surface area contributed by atoms with E-state index in [2.05, 4.69) is 40.2 Å². The first kappa shape index (κ1) is 24.9. The molecular weight excluding hydrogens is 471 g/mol. The van der Waals surface area contributed by atoms with E-state index in [-0.39, 0.29) is 24.3 Å². The average molecular weight is 503 g/mol. The van der Waals surface area contributed by atoms with Crippen LogP contribution in [0.3, 0.4) is 0 Å². The van der Waals surface area contributed by atoms with Crippen LogP contribution in [0.4, 0.5) is 4.39 Å². The Morgan fingerprint density at radius 1 is 1.24 bits per heavy atom. The van der Waals surface area contributed by atoms with Gasteiger partial charge in [0.15, 0.2) is 0 Å².